The highest BCUT2D eigenvalue weighted by atomic mass is 16.3. The summed E-state index contributed by atoms with van der Waals surface area (Å²) in [5.74, 6) is 0. The Morgan fingerprint density at radius 1 is 0.600 bits per heavy atom. The highest BCUT2D eigenvalue weighted by molar-refractivity contribution is 5.75. The first-order valence-corrected chi connectivity index (χ1v) is 6.70. The second-order valence-corrected chi connectivity index (χ2v) is 4.75. The van der Waals surface area contributed by atoms with Gasteiger partial charge in [0.25, 0.3) is 0 Å². The van der Waals surface area contributed by atoms with Crippen LogP contribution in [0.25, 0.3) is 22.3 Å². The summed E-state index contributed by atoms with van der Waals surface area (Å²) < 4.78 is 0. The molecule has 0 aliphatic carbocycles. The summed E-state index contributed by atoms with van der Waals surface area (Å²) in [6.07, 6.45) is 0. The SMILES string of the molecule is [O]Cc1ccc(-c2ccccc2)cc1-c1ccccc1. The minimum Gasteiger partial charge on any atom is -0.232 e. The van der Waals surface area contributed by atoms with Gasteiger partial charge in [0, 0.05) is 0 Å². The van der Waals surface area contributed by atoms with Gasteiger partial charge in [0.2, 0.25) is 0 Å². The summed E-state index contributed by atoms with van der Waals surface area (Å²) in [4.78, 5) is 0. The fraction of sp³-hybridized carbons (Fsp3) is 0.0526. The maximum absolute atomic E-state index is 11.4. The molecule has 0 aliphatic rings. The second kappa shape index (κ2) is 5.72. The normalized spacial score (nSPS) is 10.4. The van der Waals surface area contributed by atoms with Gasteiger partial charge in [-0.2, -0.15) is 0 Å². The van der Waals surface area contributed by atoms with Crippen LogP contribution in [0.5, 0.6) is 0 Å². The second-order valence-electron chi connectivity index (χ2n) is 4.75. The molecule has 1 radical (unpaired) electrons. The molecular weight excluding hydrogens is 244 g/mol. The highest BCUT2D eigenvalue weighted by Gasteiger charge is 2.07. The molecule has 0 saturated heterocycles. The summed E-state index contributed by atoms with van der Waals surface area (Å²) >= 11 is 0. The van der Waals surface area contributed by atoms with Gasteiger partial charge in [0.15, 0.2) is 0 Å². The van der Waals surface area contributed by atoms with Gasteiger partial charge in [-0.15, -0.1) is 0 Å². The van der Waals surface area contributed by atoms with E-state index in [9.17, 15) is 5.11 Å². The van der Waals surface area contributed by atoms with Gasteiger partial charge in [-0.1, -0.05) is 72.8 Å². The summed E-state index contributed by atoms with van der Waals surface area (Å²) in [6, 6.07) is 26.4. The van der Waals surface area contributed by atoms with E-state index in [1.54, 1.807) is 0 Å². The van der Waals surface area contributed by atoms with Crippen molar-refractivity contribution in [1.82, 2.24) is 0 Å². The molecule has 0 aliphatic heterocycles. The third-order valence-corrected chi connectivity index (χ3v) is 3.46. The highest BCUT2D eigenvalue weighted by Crippen LogP contribution is 2.29. The minimum absolute atomic E-state index is 0.195. The molecule has 0 heterocycles. The van der Waals surface area contributed by atoms with Gasteiger partial charge in [0.1, 0.15) is 6.61 Å². The van der Waals surface area contributed by atoms with Gasteiger partial charge in [0.05, 0.1) is 0 Å². The van der Waals surface area contributed by atoms with E-state index < -0.39 is 0 Å². The Kier molecular flexibility index (Phi) is 3.62. The van der Waals surface area contributed by atoms with Crippen molar-refractivity contribution >= 4 is 0 Å². The van der Waals surface area contributed by atoms with E-state index in [2.05, 4.69) is 18.2 Å². The van der Waals surface area contributed by atoms with E-state index in [1.807, 2.05) is 60.7 Å². The Labute approximate surface area is 119 Å². The Morgan fingerprint density at radius 3 is 1.80 bits per heavy atom. The Hall–Kier alpha value is -2.38. The zero-order valence-corrected chi connectivity index (χ0v) is 11.1. The fourth-order valence-corrected chi connectivity index (χ4v) is 2.40. The molecule has 0 atom stereocenters. The van der Waals surface area contributed by atoms with Crippen molar-refractivity contribution in [2.24, 2.45) is 0 Å². The van der Waals surface area contributed by atoms with E-state index in [1.165, 1.54) is 5.56 Å². The summed E-state index contributed by atoms with van der Waals surface area (Å²) in [6.45, 7) is -0.195. The van der Waals surface area contributed by atoms with Crippen molar-refractivity contribution in [3.05, 3.63) is 84.4 Å². The van der Waals surface area contributed by atoms with Crippen LogP contribution in [-0.2, 0) is 11.7 Å². The quantitative estimate of drug-likeness (QED) is 0.634. The maximum Gasteiger partial charge on any atom is 0.108 e. The third-order valence-electron chi connectivity index (χ3n) is 3.46. The van der Waals surface area contributed by atoms with Crippen LogP contribution < -0.4 is 0 Å². The minimum atomic E-state index is -0.195. The van der Waals surface area contributed by atoms with Crippen molar-refractivity contribution in [2.75, 3.05) is 0 Å². The molecule has 0 N–H and O–H groups in total. The predicted octanol–water partition coefficient (Wildman–Crippen LogP) is 4.95. The maximum atomic E-state index is 11.4. The molecule has 3 rings (SSSR count). The topological polar surface area (TPSA) is 19.9 Å². The lowest BCUT2D eigenvalue weighted by Gasteiger charge is -2.10. The van der Waals surface area contributed by atoms with Crippen LogP contribution in [0.3, 0.4) is 0 Å². The van der Waals surface area contributed by atoms with Gasteiger partial charge in [-0.05, 0) is 33.9 Å². The summed E-state index contributed by atoms with van der Waals surface area (Å²) in [7, 11) is 0. The van der Waals surface area contributed by atoms with Crippen LogP contribution in [0.15, 0.2) is 78.9 Å². The molecule has 0 spiro atoms. The molecule has 0 saturated carbocycles. The first-order chi connectivity index (χ1) is 9.88. The van der Waals surface area contributed by atoms with Crippen molar-refractivity contribution in [3.63, 3.8) is 0 Å². The lowest BCUT2D eigenvalue weighted by Crippen LogP contribution is -1.90. The summed E-state index contributed by atoms with van der Waals surface area (Å²) in [5.41, 5.74) is 5.28. The van der Waals surface area contributed by atoms with E-state index in [4.69, 9.17) is 0 Å². The number of hydrogen-bond acceptors (Lipinski definition) is 0. The molecule has 0 bridgehead atoms. The van der Waals surface area contributed by atoms with Crippen LogP contribution in [0.4, 0.5) is 0 Å². The molecule has 20 heavy (non-hydrogen) atoms. The largest absolute Gasteiger partial charge is 0.232 e. The van der Waals surface area contributed by atoms with E-state index in [0.717, 1.165) is 22.3 Å². The predicted molar refractivity (Wildman–Crippen MR) is 81.7 cm³/mol. The van der Waals surface area contributed by atoms with E-state index >= 15 is 0 Å². The number of hydrogen-bond donors (Lipinski definition) is 0. The van der Waals surface area contributed by atoms with Crippen molar-refractivity contribution < 1.29 is 5.11 Å². The van der Waals surface area contributed by atoms with Gasteiger partial charge < -0.3 is 0 Å². The Bertz CT molecular complexity index is 687. The zero-order chi connectivity index (χ0) is 13.8. The molecule has 1 nitrogen and oxygen atoms in total. The molecule has 0 amide bonds. The molecule has 0 unspecified atom stereocenters. The van der Waals surface area contributed by atoms with Gasteiger partial charge >= 0.3 is 0 Å². The van der Waals surface area contributed by atoms with Crippen LogP contribution in [0.2, 0.25) is 0 Å². The molecule has 3 aromatic rings. The standard InChI is InChI=1S/C19H15O/c20-14-18-12-11-17(15-7-3-1-4-8-15)13-19(18)16-9-5-2-6-10-16/h1-13H,14H2. The average Bonchev–Trinajstić information content (AvgIpc) is 2.56. The van der Waals surface area contributed by atoms with Crippen molar-refractivity contribution in [1.29, 1.82) is 0 Å². The van der Waals surface area contributed by atoms with Crippen LogP contribution in [0.1, 0.15) is 5.56 Å². The van der Waals surface area contributed by atoms with Gasteiger partial charge in [-0.3, -0.25) is 0 Å². The molecule has 1 heteroatoms. The Balaban J connectivity index is 2.13. The lowest BCUT2D eigenvalue weighted by atomic mass is 9.95. The van der Waals surface area contributed by atoms with Crippen molar-refractivity contribution in [3.8, 4) is 22.3 Å². The van der Waals surface area contributed by atoms with Crippen LogP contribution in [-0.4, -0.2) is 0 Å². The van der Waals surface area contributed by atoms with Crippen LogP contribution >= 0.6 is 0 Å². The number of rotatable bonds is 3. The van der Waals surface area contributed by atoms with Crippen molar-refractivity contribution in [2.45, 2.75) is 6.61 Å². The molecule has 3 aromatic carbocycles. The molecule has 0 fully saturated rings. The summed E-state index contributed by atoms with van der Waals surface area (Å²) in [5, 5.41) is 11.4. The zero-order valence-electron chi connectivity index (χ0n) is 11.1. The fourth-order valence-electron chi connectivity index (χ4n) is 2.40. The molecular formula is C19H15O. The first-order valence-electron chi connectivity index (χ1n) is 6.70. The smallest absolute Gasteiger partial charge is 0.108 e. The third kappa shape index (κ3) is 2.49. The first kappa shape index (κ1) is 12.6. The lowest BCUT2D eigenvalue weighted by molar-refractivity contribution is 0.178. The van der Waals surface area contributed by atoms with Gasteiger partial charge in [-0.25, -0.2) is 5.11 Å². The monoisotopic (exact) mass is 259 g/mol. The molecule has 97 valence electrons. The van der Waals surface area contributed by atoms with E-state index in [0.29, 0.717) is 0 Å². The number of benzene rings is 3. The van der Waals surface area contributed by atoms with Crippen LogP contribution in [0, 0.1) is 0 Å². The average molecular weight is 259 g/mol. The molecule has 0 aromatic heterocycles. The van der Waals surface area contributed by atoms with E-state index in [-0.39, 0.29) is 6.61 Å². The Morgan fingerprint density at radius 2 is 1.20 bits per heavy atom.